The summed E-state index contributed by atoms with van der Waals surface area (Å²) in [4.78, 5) is 18.4. The summed E-state index contributed by atoms with van der Waals surface area (Å²) in [6.45, 7) is 3.63. The largest absolute Gasteiger partial charge is 0.361 e. The normalized spacial score (nSPS) is 16.2. The van der Waals surface area contributed by atoms with E-state index in [2.05, 4.69) is 22.2 Å². The van der Waals surface area contributed by atoms with Gasteiger partial charge < -0.3 is 5.32 Å². The van der Waals surface area contributed by atoms with Crippen LogP contribution < -0.4 is 5.32 Å². The van der Waals surface area contributed by atoms with Gasteiger partial charge in [-0.05, 0) is 37.3 Å². The summed E-state index contributed by atoms with van der Waals surface area (Å²) >= 11 is 5.79. The highest BCUT2D eigenvalue weighted by atomic mass is 35.5. The van der Waals surface area contributed by atoms with Crippen LogP contribution in [0.1, 0.15) is 38.3 Å². The molecule has 0 spiro atoms. The van der Waals surface area contributed by atoms with Crippen molar-refractivity contribution in [3.05, 3.63) is 21.1 Å². The van der Waals surface area contributed by atoms with E-state index in [1.807, 2.05) is 0 Å². The summed E-state index contributed by atoms with van der Waals surface area (Å²) in [6.07, 6.45) is 4.43. The molecule has 104 valence electrons. The fourth-order valence-corrected chi connectivity index (χ4v) is 2.34. The molecule has 1 fully saturated rings. The van der Waals surface area contributed by atoms with E-state index in [1.54, 1.807) is 6.92 Å². The van der Waals surface area contributed by atoms with Crippen molar-refractivity contribution in [1.29, 1.82) is 0 Å². The first kappa shape index (κ1) is 14.0. The maximum atomic E-state index is 11.1. The van der Waals surface area contributed by atoms with Gasteiger partial charge in [0.25, 0.3) is 0 Å². The van der Waals surface area contributed by atoms with Gasteiger partial charge in [0.2, 0.25) is 11.1 Å². The van der Waals surface area contributed by atoms with Crippen LogP contribution in [0.3, 0.4) is 0 Å². The van der Waals surface area contributed by atoms with E-state index >= 15 is 0 Å². The van der Waals surface area contributed by atoms with Crippen molar-refractivity contribution in [1.82, 2.24) is 9.97 Å². The third-order valence-corrected chi connectivity index (χ3v) is 3.53. The molecule has 1 aliphatic carbocycles. The van der Waals surface area contributed by atoms with Crippen LogP contribution in [0, 0.1) is 23.0 Å². The van der Waals surface area contributed by atoms with Gasteiger partial charge in [-0.2, -0.15) is 4.98 Å². The minimum Gasteiger partial charge on any atom is -0.361 e. The average molecular weight is 285 g/mol. The van der Waals surface area contributed by atoms with Crippen LogP contribution in [0.5, 0.6) is 0 Å². The van der Waals surface area contributed by atoms with Gasteiger partial charge in [0.1, 0.15) is 5.69 Å². The quantitative estimate of drug-likeness (QED) is 0.492. The van der Waals surface area contributed by atoms with Crippen LogP contribution in [0.25, 0.3) is 0 Å². The van der Waals surface area contributed by atoms with Gasteiger partial charge in [0, 0.05) is 6.04 Å². The van der Waals surface area contributed by atoms with Gasteiger partial charge in [-0.25, -0.2) is 4.98 Å². The first-order chi connectivity index (χ1) is 9.01. The van der Waals surface area contributed by atoms with Gasteiger partial charge in [-0.15, -0.1) is 0 Å². The molecule has 7 heteroatoms. The number of nitro groups is 1. The Bertz CT molecular complexity index is 491. The molecule has 0 bridgehead atoms. The fraction of sp³-hybridized carbons (Fsp3) is 0.667. The maximum absolute atomic E-state index is 11.1. The molecule has 1 aromatic rings. The molecule has 1 aromatic heterocycles. The predicted octanol–water partition coefficient (Wildman–Crippen LogP) is 3.34. The number of aryl methyl sites for hydroxylation is 1. The van der Waals surface area contributed by atoms with Crippen LogP contribution in [-0.4, -0.2) is 20.9 Å². The molecule has 1 N–H and O–H groups in total. The predicted molar refractivity (Wildman–Crippen MR) is 73.5 cm³/mol. The molecule has 19 heavy (non-hydrogen) atoms. The number of rotatable bonds is 6. The molecule has 1 atom stereocenters. The molecular weight excluding hydrogens is 268 g/mol. The Labute approximate surface area is 116 Å². The van der Waals surface area contributed by atoms with Gasteiger partial charge in [0.05, 0.1) is 4.92 Å². The Kier molecular flexibility index (Phi) is 4.19. The van der Waals surface area contributed by atoms with Crippen LogP contribution in [0.2, 0.25) is 5.28 Å². The van der Waals surface area contributed by atoms with Crippen molar-refractivity contribution >= 4 is 23.1 Å². The zero-order valence-corrected chi connectivity index (χ0v) is 11.8. The molecule has 1 saturated carbocycles. The van der Waals surface area contributed by atoms with Crippen molar-refractivity contribution in [3.8, 4) is 0 Å². The number of hydrogen-bond donors (Lipinski definition) is 1. The lowest BCUT2D eigenvalue weighted by molar-refractivity contribution is -0.385. The first-order valence-electron chi connectivity index (χ1n) is 6.46. The highest BCUT2D eigenvalue weighted by Crippen LogP contribution is 2.35. The Morgan fingerprint density at radius 1 is 1.53 bits per heavy atom. The average Bonchev–Trinajstić information content (AvgIpc) is 3.10. The highest BCUT2D eigenvalue weighted by Gasteiger charge is 2.28. The molecule has 1 aliphatic rings. The monoisotopic (exact) mass is 284 g/mol. The number of aromatic nitrogens is 2. The first-order valence-corrected chi connectivity index (χ1v) is 6.84. The smallest absolute Gasteiger partial charge is 0.332 e. The minimum absolute atomic E-state index is 0.0341. The number of nitrogens with zero attached hydrogens (tertiary/aromatic N) is 3. The number of anilines is 1. The molecule has 2 rings (SSSR count). The van der Waals surface area contributed by atoms with Gasteiger partial charge in [-0.1, -0.05) is 19.8 Å². The van der Waals surface area contributed by atoms with Crippen LogP contribution in [0.15, 0.2) is 0 Å². The maximum Gasteiger partial charge on any atom is 0.332 e. The molecule has 6 nitrogen and oxygen atoms in total. The van der Waals surface area contributed by atoms with E-state index in [0.29, 0.717) is 0 Å². The fourth-order valence-electron chi connectivity index (χ4n) is 2.13. The summed E-state index contributed by atoms with van der Waals surface area (Å²) in [5.74, 6) is 0.977. The van der Waals surface area contributed by atoms with E-state index in [4.69, 9.17) is 11.6 Å². The Morgan fingerprint density at radius 3 is 2.74 bits per heavy atom. The summed E-state index contributed by atoms with van der Waals surface area (Å²) < 4.78 is 0. The second kappa shape index (κ2) is 5.69. The highest BCUT2D eigenvalue weighted by molar-refractivity contribution is 6.28. The number of hydrogen-bond acceptors (Lipinski definition) is 5. The second-order valence-corrected chi connectivity index (χ2v) is 5.30. The summed E-state index contributed by atoms with van der Waals surface area (Å²) in [6, 6.07) is 0.191. The lowest BCUT2D eigenvalue weighted by atomic mass is 10.1. The molecule has 0 radical (unpaired) electrons. The molecule has 1 unspecified atom stereocenters. The summed E-state index contributed by atoms with van der Waals surface area (Å²) in [5.41, 5.74) is 0.201. The van der Waals surface area contributed by atoms with E-state index < -0.39 is 4.92 Å². The Hall–Kier alpha value is -1.43. The molecule has 0 aliphatic heterocycles. The van der Waals surface area contributed by atoms with Crippen LogP contribution in [0.4, 0.5) is 11.5 Å². The minimum atomic E-state index is -0.460. The SMILES string of the molecule is CCC(CC1CC1)Nc1nc(Cl)nc(C)c1[N+](=O)[O-]. The Morgan fingerprint density at radius 2 is 2.21 bits per heavy atom. The van der Waals surface area contributed by atoms with Crippen LogP contribution in [-0.2, 0) is 0 Å². The molecule has 1 heterocycles. The van der Waals surface area contributed by atoms with Crippen LogP contribution >= 0.6 is 11.6 Å². The van der Waals surface area contributed by atoms with Gasteiger partial charge in [0.15, 0.2) is 0 Å². The zero-order valence-electron chi connectivity index (χ0n) is 11.0. The lowest BCUT2D eigenvalue weighted by Crippen LogP contribution is -2.21. The molecular formula is C12H17ClN4O2. The molecule has 0 saturated heterocycles. The third-order valence-electron chi connectivity index (χ3n) is 3.36. The van der Waals surface area contributed by atoms with E-state index in [9.17, 15) is 10.1 Å². The van der Waals surface area contributed by atoms with E-state index in [-0.39, 0.29) is 28.5 Å². The lowest BCUT2D eigenvalue weighted by Gasteiger charge is -2.17. The zero-order chi connectivity index (χ0) is 14.0. The second-order valence-electron chi connectivity index (χ2n) is 4.96. The van der Waals surface area contributed by atoms with E-state index in [1.165, 1.54) is 12.8 Å². The van der Waals surface area contributed by atoms with E-state index in [0.717, 1.165) is 18.8 Å². The molecule has 0 amide bonds. The topological polar surface area (TPSA) is 81.0 Å². The van der Waals surface area contributed by atoms with Crippen molar-refractivity contribution in [2.75, 3.05) is 5.32 Å². The van der Waals surface area contributed by atoms with Crippen molar-refractivity contribution in [3.63, 3.8) is 0 Å². The Balaban J connectivity index is 2.23. The summed E-state index contributed by atoms with van der Waals surface area (Å²) in [7, 11) is 0. The number of nitrogens with one attached hydrogen (secondary N) is 1. The number of halogens is 1. The van der Waals surface area contributed by atoms with Crippen molar-refractivity contribution < 1.29 is 4.92 Å². The molecule has 0 aromatic carbocycles. The standard InChI is InChI=1S/C12H17ClN4O2/c1-3-9(6-8-4-5-8)15-11-10(17(18)19)7(2)14-12(13)16-11/h8-9H,3-6H2,1-2H3,(H,14,15,16). The summed E-state index contributed by atoms with van der Waals surface area (Å²) in [5, 5.41) is 14.3. The van der Waals surface area contributed by atoms with Gasteiger partial charge in [-0.3, -0.25) is 10.1 Å². The van der Waals surface area contributed by atoms with Crippen molar-refractivity contribution in [2.45, 2.75) is 45.6 Å². The van der Waals surface area contributed by atoms with Crippen molar-refractivity contribution in [2.24, 2.45) is 5.92 Å². The van der Waals surface area contributed by atoms with Gasteiger partial charge >= 0.3 is 5.69 Å². The third kappa shape index (κ3) is 3.53.